The summed E-state index contributed by atoms with van der Waals surface area (Å²) in [5, 5.41) is 5.72. The Morgan fingerprint density at radius 1 is 1.03 bits per heavy atom. The summed E-state index contributed by atoms with van der Waals surface area (Å²) in [6.07, 6.45) is 2.36. The molecular weight excluding hydrogens is 393 g/mol. The van der Waals surface area contributed by atoms with Crippen LogP contribution in [0.2, 0.25) is 0 Å². The highest BCUT2D eigenvalue weighted by Gasteiger charge is 2.41. The number of anilines is 1. The van der Waals surface area contributed by atoms with Crippen LogP contribution in [0.4, 0.5) is 23.7 Å². The fraction of sp³-hybridized carbons (Fsp3) is 0.227. The second-order valence-corrected chi connectivity index (χ2v) is 7.17. The molecule has 2 N–H and O–H groups in total. The molecule has 1 aromatic carbocycles. The number of nitrogens with zero attached hydrogens (tertiary/aromatic N) is 2. The molecule has 154 valence electrons. The Bertz CT molecular complexity index is 1040. The molecule has 1 aliphatic rings. The summed E-state index contributed by atoms with van der Waals surface area (Å²) in [5.74, 6) is 0. The first-order chi connectivity index (χ1) is 14.4. The Morgan fingerprint density at radius 2 is 1.80 bits per heavy atom. The third kappa shape index (κ3) is 3.85. The summed E-state index contributed by atoms with van der Waals surface area (Å²) < 4.78 is 39.2. The number of fused-ring (bicyclic) bond motifs is 1. The van der Waals surface area contributed by atoms with Gasteiger partial charge in [-0.1, -0.05) is 18.2 Å². The number of carbonyl (C=O) groups is 1. The first-order valence-corrected chi connectivity index (χ1v) is 9.50. The molecule has 0 bridgehead atoms. The minimum Gasteiger partial charge on any atom is -0.323 e. The molecule has 1 unspecified atom stereocenters. The van der Waals surface area contributed by atoms with Crippen LogP contribution in [0.25, 0.3) is 0 Å². The number of carbonyl (C=O) groups excluding carboxylic acids is 1. The van der Waals surface area contributed by atoms with Crippen LogP contribution >= 0.6 is 0 Å². The number of hydrogen-bond acceptors (Lipinski definition) is 3. The van der Waals surface area contributed by atoms with E-state index >= 15 is 0 Å². The van der Waals surface area contributed by atoms with Gasteiger partial charge in [0.15, 0.2) is 0 Å². The van der Waals surface area contributed by atoms with Gasteiger partial charge >= 0.3 is 12.2 Å². The van der Waals surface area contributed by atoms with Gasteiger partial charge in [0.25, 0.3) is 0 Å². The van der Waals surface area contributed by atoms with E-state index < -0.39 is 23.3 Å². The lowest BCUT2D eigenvalue weighted by atomic mass is 9.75. The van der Waals surface area contributed by atoms with Crippen LogP contribution < -0.4 is 10.6 Å². The van der Waals surface area contributed by atoms with Gasteiger partial charge in [-0.05, 0) is 60.7 Å². The Hall–Kier alpha value is -3.42. The summed E-state index contributed by atoms with van der Waals surface area (Å²) in [6.45, 7) is 0. The number of alkyl halides is 3. The van der Waals surface area contributed by atoms with E-state index in [9.17, 15) is 18.0 Å². The highest BCUT2D eigenvalue weighted by atomic mass is 19.4. The maximum atomic E-state index is 13.1. The molecular formula is C22H19F3N4O. The van der Waals surface area contributed by atoms with E-state index in [2.05, 4.69) is 20.6 Å². The van der Waals surface area contributed by atoms with Gasteiger partial charge in [-0.15, -0.1) is 0 Å². The average molecular weight is 412 g/mol. The van der Waals surface area contributed by atoms with E-state index in [-0.39, 0.29) is 0 Å². The number of rotatable bonds is 3. The molecule has 2 heterocycles. The highest BCUT2D eigenvalue weighted by molar-refractivity contribution is 5.90. The molecule has 0 fully saturated rings. The zero-order valence-corrected chi connectivity index (χ0v) is 15.9. The van der Waals surface area contributed by atoms with E-state index in [1.165, 1.54) is 18.3 Å². The van der Waals surface area contributed by atoms with Crippen molar-refractivity contribution in [2.45, 2.75) is 31.0 Å². The van der Waals surface area contributed by atoms with Crippen molar-refractivity contribution in [3.63, 3.8) is 0 Å². The first kappa shape index (κ1) is 19.9. The van der Waals surface area contributed by atoms with E-state index in [1.54, 1.807) is 24.5 Å². The van der Waals surface area contributed by atoms with Crippen LogP contribution in [0, 0.1) is 0 Å². The monoisotopic (exact) mass is 412 g/mol. The zero-order valence-electron chi connectivity index (χ0n) is 15.9. The van der Waals surface area contributed by atoms with Gasteiger partial charge in [-0.25, -0.2) is 4.79 Å². The summed E-state index contributed by atoms with van der Waals surface area (Å²) in [6, 6.07) is 11.6. The van der Waals surface area contributed by atoms with Gasteiger partial charge in [-0.2, -0.15) is 13.2 Å². The Morgan fingerprint density at radius 3 is 2.50 bits per heavy atom. The standard InChI is InChI=1S/C22H19F3N4O/c23-22(24,25)17-9-7-16(8-10-17)21(11-1-4-15-5-2-13-27-19(15)21)29-20(30)28-18-6-3-12-26-14-18/h2-3,5-10,12-14H,1,4,11H2,(H2,28,29,30). The van der Waals surface area contributed by atoms with E-state index in [4.69, 9.17) is 0 Å². The number of aryl methyl sites for hydroxylation is 1. The van der Waals surface area contributed by atoms with Crippen LogP contribution in [0.1, 0.15) is 35.2 Å². The molecule has 0 saturated heterocycles. The molecule has 0 aliphatic heterocycles. The highest BCUT2D eigenvalue weighted by Crippen LogP contribution is 2.40. The predicted octanol–water partition coefficient (Wildman–Crippen LogP) is 4.90. The molecule has 1 atom stereocenters. The fourth-order valence-corrected chi connectivity index (χ4v) is 3.90. The van der Waals surface area contributed by atoms with Gasteiger partial charge < -0.3 is 10.6 Å². The van der Waals surface area contributed by atoms with Crippen molar-refractivity contribution >= 4 is 11.7 Å². The topological polar surface area (TPSA) is 66.9 Å². The lowest BCUT2D eigenvalue weighted by Gasteiger charge is -2.39. The molecule has 4 rings (SSSR count). The molecule has 2 aromatic heterocycles. The minimum absolute atomic E-state index is 0.485. The fourth-order valence-electron chi connectivity index (χ4n) is 3.90. The summed E-state index contributed by atoms with van der Waals surface area (Å²) in [5.41, 5.74) is 0.901. The number of hydrogen-bond donors (Lipinski definition) is 2. The van der Waals surface area contributed by atoms with Crippen LogP contribution in [-0.2, 0) is 18.1 Å². The smallest absolute Gasteiger partial charge is 0.323 e. The van der Waals surface area contributed by atoms with Crippen LogP contribution in [0.15, 0.2) is 67.1 Å². The van der Waals surface area contributed by atoms with Crippen LogP contribution in [0.3, 0.4) is 0 Å². The van der Waals surface area contributed by atoms with Crippen LogP contribution in [0.5, 0.6) is 0 Å². The molecule has 2 amide bonds. The van der Waals surface area contributed by atoms with E-state index in [0.717, 1.165) is 30.5 Å². The SMILES string of the molecule is O=C(Nc1cccnc1)NC1(c2ccc(C(F)(F)F)cc2)CCCc2cccnc21. The van der Waals surface area contributed by atoms with Crippen molar-refractivity contribution in [2.75, 3.05) is 5.32 Å². The number of aromatic nitrogens is 2. The summed E-state index contributed by atoms with van der Waals surface area (Å²) >= 11 is 0. The van der Waals surface area contributed by atoms with Crippen molar-refractivity contribution in [1.82, 2.24) is 15.3 Å². The molecule has 5 nitrogen and oxygen atoms in total. The molecule has 3 aromatic rings. The number of nitrogens with one attached hydrogen (secondary N) is 2. The largest absolute Gasteiger partial charge is 0.416 e. The normalized spacial score (nSPS) is 18.4. The lowest BCUT2D eigenvalue weighted by Crippen LogP contribution is -2.51. The second kappa shape index (κ2) is 7.78. The van der Waals surface area contributed by atoms with Crippen molar-refractivity contribution in [3.05, 3.63) is 89.5 Å². The molecule has 0 spiro atoms. The first-order valence-electron chi connectivity index (χ1n) is 9.50. The maximum Gasteiger partial charge on any atom is 0.416 e. The number of amides is 2. The quantitative estimate of drug-likeness (QED) is 0.643. The number of urea groups is 1. The molecule has 0 saturated carbocycles. The molecule has 0 radical (unpaired) electrons. The second-order valence-electron chi connectivity index (χ2n) is 7.17. The van der Waals surface area contributed by atoms with Crippen molar-refractivity contribution in [2.24, 2.45) is 0 Å². The average Bonchev–Trinajstić information content (AvgIpc) is 2.74. The Balaban J connectivity index is 1.74. The van der Waals surface area contributed by atoms with Crippen molar-refractivity contribution in [1.29, 1.82) is 0 Å². The Kier molecular flexibility index (Phi) is 5.15. The van der Waals surface area contributed by atoms with E-state index in [1.807, 2.05) is 12.1 Å². The van der Waals surface area contributed by atoms with Crippen LogP contribution in [-0.4, -0.2) is 16.0 Å². The van der Waals surface area contributed by atoms with E-state index in [0.29, 0.717) is 23.4 Å². The predicted molar refractivity (Wildman–Crippen MR) is 106 cm³/mol. The van der Waals surface area contributed by atoms with Gasteiger partial charge in [0.1, 0.15) is 5.54 Å². The van der Waals surface area contributed by atoms with Gasteiger partial charge in [0.05, 0.1) is 23.1 Å². The summed E-state index contributed by atoms with van der Waals surface area (Å²) in [7, 11) is 0. The van der Waals surface area contributed by atoms with Gasteiger partial charge in [-0.3, -0.25) is 9.97 Å². The summed E-state index contributed by atoms with van der Waals surface area (Å²) in [4.78, 5) is 21.3. The number of pyridine rings is 2. The van der Waals surface area contributed by atoms with Crippen molar-refractivity contribution < 1.29 is 18.0 Å². The molecule has 30 heavy (non-hydrogen) atoms. The maximum absolute atomic E-state index is 13.1. The van der Waals surface area contributed by atoms with Gasteiger partial charge in [0, 0.05) is 12.4 Å². The number of benzene rings is 1. The molecule has 8 heteroatoms. The number of halogens is 3. The third-order valence-corrected chi connectivity index (χ3v) is 5.24. The minimum atomic E-state index is -4.43. The zero-order chi connectivity index (χ0) is 21.2. The Labute approximate surface area is 171 Å². The van der Waals surface area contributed by atoms with Gasteiger partial charge in [0.2, 0.25) is 0 Å². The third-order valence-electron chi connectivity index (χ3n) is 5.24. The van der Waals surface area contributed by atoms with Crippen molar-refractivity contribution in [3.8, 4) is 0 Å². The lowest BCUT2D eigenvalue weighted by molar-refractivity contribution is -0.137. The molecule has 1 aliphatic carbocycles.